The van der Waals surface area contributed by atoms with Gasteiger partial charge in [0.25, 0.3) is 0 Å². The number of ether oxygens (including phenoxy) is 1. The van der Waals surface area contributed by atoms with Crippen LogP contribution in [0.25, 0.3) is 5.57 Å². The number of sulfone groups is 1. The van der Waals surface area contributed by atoms with Gasteiger partial charge in [-0.3, -0.25) is 0 Å². The van der Waals surface area contributed by atoms with Crippen molar-refractivity contribution in [3.8, 4) is 0 Å². The Bertz CT molecular complexity index is 1280. The Balaban J connectivity index is 1.42. The number of nitrogens with zero attached hydrogens (tertiary/aromatic N) is 5. The van der Waals surface area contributed by atoms with Crippen molar-refractivity contribution in [3.63, 3.8) is 0 Å². The van der Waals surface area contributed by atoms with Crippen LogP contribution in [0.2, 0.25) is 5.02 Å². The van der Waals surface area contributed by atoms with Crippen LogP contribution in [0.1, 0.15) is 37.2 Å². The third-order valence-corrected chi connectivity index (χ3v) is 8.61. The number of alkyl carbamates (subject to hydrolysis) is 1. The average molecular weight is 520 g/mol. The number of carbonyl (C=O) groups excluding carboxylic acids is 1. The molecule has 1 aliphatic carbocycles. The number of anilines is 2. The lowest BCUT2D eigenvalue weighted by molar-refractivity contribution is 0.0959. The van der Waals surface area contributed by atoms with Gasteiger partial charge in [0.05, 0.1) is 22.0 Å². The maximum absolute atomic E-state index is 12.8. The third kappa shape index (κ3) is 4.76. The Morgan fingerprint density at radius 1 is 1.23 bits per heavy atom. The fourth-order valence-corrected chi connectivity index (χ4v) is 6.17. The first-order chi connectivity index (χ1) is 16.8. The fraction of sp³-hybridized carbons (Fsp3) is 0.500. The lowest BCUT2D eigenvalue weighted by Gasteiger charge is -2.42. The molecule has 1 fully saturated rings. The van der Waals surface area contributed by atoms with E-state index in [1.54, 1.807) is 12.4 Å². The van der Waals surface area contributed by atoms with Gasteiger partial charge >= 0.3 is 6.09 Å². The number of amides is 1. The van der Waals surface area contributed by atoms with E-state index in [0.717, 1.165) is 24.8 Å². The number of carbonyl (C=O) groups is 1. The summed E-state index contributed by atoms with van der Waals surface area (Å²) in [5.74, 6) is 1.41. The van der Waals surface area contributed by atoms with Crippen molar-refractivity contribution < 1.29 is 17.9 Å². The largest absolute Gasteiger partial charge is 0.447 e. The standard InChI is InChI=1S/C22H26ClN7O4S/c1-24-21(31)34-13-22(6-2-7-22)29-19-17-16(5-10-35(17,32)33)27-20(28-19)30-8-3-14(4-9-30)18-25-11-15(23)12-26-18/h3,11-12H,2,4-10,13H2,1H3,(H,24,31)(H,27,28,29). The van der Waals surface area contributed by atoms with Crippen molar-refractivity contribution in [1.82, 2.24) is 25.3 Å². The van der Waals surface area contributed by atoms with Gasteiger partial charge in [0.2, 0.25) is 5.95 Å². The van der Waals surface area contributed by atoms with Crippen molar-refractivity contribution >= 4 is 44.9 Å². The number of aromatic nitrogens is 4. The molecule has 0 radical (unpaired) electrons. The van der Waals surface area contributed by atoms with Crippen molar-refractivity contribution in [2.24, 2.45) is 0 Å². The Kier molecular flexibility index (Phi) is 6.26. The summed E-state index contributed by atoms with van der Waals surface area (Å²) in [4.78, 5) is 31.7. The fourth-order valence-electron chi connectivity index (χ4n) is 4.51. The third-order valence-electron chi connectivity index (χ3n) is 6.62. The van der Waals surface area contributed by atoms with E-state index in [0.29, 0.717) is 54.2 Å². The molecule has 0 unspecified atom stereocenters. The van der Waals surface area contributed by atoms with Crippen LogP contribution in [0, 0.1) is 0 Å². The van der Waals surface area contributed by atoms with E-state index in [-0.39, 0.29) is 17.3 Å². The van der Waals surface area contributed by atoms with Crippen LogP contribution in [-0.4, -0.2) is 72.5 Å². The summed E-state index contributed by atoms with van der Waals surface area (Å²) in [5, 5.41) is 6.26. The van der Waals surface area contributed by atoms with Crippen LogP contribution < -0.4 is 15.5 Å². The van der Waals surface area contributed by atoms with Gasteiger partial charge in [-0.1, -0.05) is 17.7 Å². The maximum atomic E-state index is 12.8. The zero-order chi connectivity index (χ0) is 24.6. The van der Waals surface area contributed by atoms with Crippen LogP contribution in [0.5, 0.6) is 0 Å². The van der Waals surface area contributed by atoms with Gasteiger partial charge in [0.1, 0.15) is 11.5 Å². The molecule has 0 spiro atoms. The van der Waals surface area contributed by atoms with Crippen LogP contribution in [0.15, 0.2) is 23.4 Å². The smallest absolute Gasteiger partial charge is 0.406 e. The molecule has 5 rings (SSSR count). The number of hydrogen-bond acceptors (Lipinski definition) is 10. The molecule has 2 aliphatic heterocycles. The average Bonchev–Trinajstić information content (AvgIpc) is 3.15. The molecular weight excluding hydrogens is 494 g/mol. The van der Waals surface area contributed by atoms with Crippen LogP contribution in [-0.2, 0) is 21.0 Å². The lowest BCUT2D eigenvalue weighted by Crippen LogP contribution is -2.50. The molecular formula is C22H26ClN7O4S. The summed E-state index contributed by atoms with van der Waals surface area (Å²) in [6.07, 6.45) is 8.11. The van der Waals surface area contributed by atoms with Crippen molar-refractivity contribution in [3.05, 3.63) is 35.0 Å². The van der Waals surface area contributed by atoms with Gasteiger partial charge in [-0.05, 0) is 31.3 Å². The van der Waals surface area contributed by atoms with Crippen LogP contribution in [0.3, 0.4) is 0 Å². The summed E-state index contributed by atoms with van der Waals surface area (Å²) in [5.41, 5.74) is 0.986. The molecule has 2 aromatic rings. The molecule has 186 valence electrons. The van der Waals surface area contributed by atoms with Crippen LogP contribution >= 0.6 is 11.6 Å². The first-order valence-corrected chi connectivity index (χ1v) is 13.5. The molecule has 0 saturated heterocycles. The number of aryl methyl sites for hydroxylation is 1. The highest BCUT2D eigenvalue weighted by Gasteiger charge is 2.42. The molecule has 0 atom stereocenters. The predicted octanol–water partition coefficient (Wildman–Crippen LogP) is 2.23. The summed E-state index contributed by atoms with van der Waals surface area (Å²) in [7, 11) is -1.99. The number of fused-ring (bicyclic) bond motifs is 1. The zero-order valence-electron chi connectivity index (χ0n) is 19.3. The summed E-state index contributed by atoms with van der Waals surface area (Å²) < 4.78 is 31.0. The highest BCUT2D eigenvalue weighted by molar-refractivity contribution is 7.91. The van der Waals surface area contributed by atoms with Gasteiger partial charge in [-0.25, -0.2) is 28.2 Å². The quantitative estimate of drug-likeness (QED) is 0.583. The van der Waals surface area contributed by atoms with E-state index < -0.39 is 21.5 Å². The number of halogens is 1. The second-order valence-electron chi connectivity index (χ2n) is 8.95. The maximum Gasteiger partial charge on any atom is 0.406 e. The first kappa shape index (κ1) is 23.7. The SMILES string of the molecule is CNC(=O)OCC1(Nc2nc(N3CC=C(c4ncc(Cl)cn4)CC3)nc3c2S(=O)(=O)CC3)CCC1. The Morgan fingerprint density at radius 3 is 2.63 bits per heavy atom. The van der Waals surface area contributed by atoms with Crippen molar-refractivity contribution in [1.29, 1.82) is 0 Å². The Labute approximate surface area is 208 Å². The molecule has 1 saturated carbocycles. The molecule has 2 N–H and O–H groups in total. The molecule has 0 aromatic carbocycles. The topological polar surface area (TPSA) is 139 Å². The molecule has 35 heavy (non-hydrogen) atoms. The summed E-state index contributed by atoms with van der Waals surface area (Å²) in [6, 6.07) is 0. The highest BCUT2D eigenvalue weighted by atomic mass is 35.5. The first-order valence-electron chi connectivity index (χ1n) is 11.5. The van der Waals surface area contributed by atoms with Crippen LogP contribution in [0.4, 0.5) is 16.6 Å². The molecule has 1 amide bonds. The monoisotopic (exact) mass is 519 g/mol. The van der Waals surface area contributed by atoms with E-state index in [4.69, 9.17) is 16.3 Å². The highest BCUT2D eigenvalue weighted by Crippen LogP contribution is 2.40. The van der Waals surface area contributed by atoms with Gasteiger partial charge in [-0.2, -0.15) is 4.98 Å². The summed E-state index contributed by atoms with van der Waals surface area (Å²) in [6.45, 7) is 1.29. The molecule has 0 bridgehead atoms. The lowest BCUT2D eigenvalue weighted by atomic mass is 9.77. The normalized spacial score (nSPS) is 19.8. The van der Waals surface area contributed by atoms with Crippen molar-refractivity contribution in [2.45, 2.75) is 42.5 Å². The molecule has 11 nitrogen and oxygen atoms in total. The molecule has 2 aromatic heterocycles. The minimum absolute atomic E-state index is 0.00877. The van der Waals surface area contributed by atoms with E-state index in [1.807, 2.05) is 11.0 Å². The van der Waals surface area contributed by atoms with Gasteiger partial charge < -0.3 is 20.3 Å². The van der Waals surface area contributed by atoms with Gasteiger partial charge in [0.15, 0.2) is 21.5 Å². The number of rotatable bonds is 6. The predicted molar refractivity (Wildman–Crippen MR) is 130 cm³/mol. The minimum Gasteiger partial charge on any atom is -0.447 e. The second-order valence-corrected chi connectivity index (χ2v) is 11.4. The molecule has 13 heteroatoms. The number of hydrogen-bond donors (Lipinski definition) is 2. The van der Waals surface area contributed by atoms with E-state index in [2.05, 4.69) is 30.6 Å². The van der Waals surface area contributed by atoms with Crippen molar-refractivity contribution in [2.75, 3.05) is 42.7 Å². The van der Waals surface area contributed by atoms with E-state index in [1.165, 1.54) is 7.05 Å². The zero-order valence-corrected chi connectivity index (χ0v) is 20.8. The summed E-state index contributed by atoms with van der Waals surface area (Å²) >= 11 is 5.89. The Hall–Kier alpha value is -2.99. The Morgan fingerprint density at radius 2 is 2.00 bits per heavy atom. The molecule has 4 heterocycles. The van der Waals surface area contributed by atoms with E-state index >= 15 is 0 Å². The second kappa shape index (κ2) is 9.23. The number of nitrogens with one attached hydrogen (secondary N) is 2. The molecule has 3 aliphatic rings. The van der Waals surface area contributed by atoms with Gasteiger partial charge in [0, 0.05) is 39.0 Å². The van der Waals surface area contributed by atoms with Gasteiger partial charge in [-0.15, -0.1) is 0 Å². The van der Waals surface area contributed by atoms with E-state index in [9.17, 15) is 13.2 Å². The minimum atomic E-state index is -3.49.